The number of aliphatic hydroxyl groups is 2. The van der Waals surface area contributed by atoms with Crippen LogP contribution in [0.3, 0.4) is 0 Å². The third-order valence-corrected chi connectivity index (χ3v) is 2.85. The lowest BCUT2D eigenvalue weighted by molar-refractivity contribution is -0.137. The molecule has 5 nitrogen and oxygen atoms in total. The van der Waals surface area contributed by atoms with E-state index in [9.17, 15) is 9.18 Å². The zero-order chi connectivity index (χ0) is 15.4. The first-order chi connectivity index (χ1) is 9.22. The van der Waals surface area contributed by atoms with Crippen LogP contribution in [-0.4, -0.2) is 40.5 Å². The maximum absolute atomic E-state index is 12.8. The third kappa shape index (κ3) is 4.18. The molecule has 0 saturated carbocycles. The zero-order valence-corrected chi connectivity index (χ0v) is 11.8. The first-order valence-electron chi connectivity index (χ1n) is 6.21. The van der Waals surface area contributed by atoms with Crippen LogP contribution in [0.15, 0.2) is 24.3 Å². The van der Waals surface area contributed by atoms with E-state index in [0.717, 1.165) is 0 Å². The summed E-state index contributed by atoms with van der Waals surface area (Å²) in [5, 5.41) is 20.9. The Morgan fingerprint density at radius 2 is 1.70 bits per heavy atom. The molecule has 0 atom stereocenters. The average molecular weight is 285 g/mol. The molecule has 0 aliphatic rings. The minimum atomic E-state index is -1.23. The van der Waals surface area contributed by atoms with Gasteiger partial charge in [-0.1, -0.05) is 0 Å². The van der Waals surface area contributed by atoms with Gasteiger partial charge in [0.2, 0.25) is 0 Å². The molecule has 0 bridgehead atoms. The van der Waals surface area contributed by atoms with Gasteiger partial charge in [-0.05, 0) is 45.0 Å². The lowest BCUT2D eigenvalue weighted by Gasteiger charge is -2.32. The smallest absolute Gasteiger partial charge is 0.264 e. The van der Waals surface area contributed by atoms with Gasteiger partial charge in [0.25, 0.3) is 5.91 Å². The second-order valence-corrected chi connectivity index (χ2v) is 5.40. The largest absolute Gasteiger partial charge is 0.478 e. The van der Waals surface area contributed by atoms with Crippen molar-refractivity contribution >= 4 is 5.91 Å². The topological polar surface area (TPSA) is 78.8 Å². The van der Waals surface area contributed by atoms with Gasteiger partial charge in [-0.3, -0.25) is 4.79 Å². The quantitative estimate of drug-likeness (QED) is 0.724. The van der Waals surface area contributed by atoms with Crippen molar-refractivity contribution in [1.29, 1.82) is 0 Å². The van der Waals surface area contributed by atoms with Crippen LogP contribution in [0.1, 0.15) is 20.8 Å². The summed E-state index contributed by atoms with van der Waals surface area (Å²) in [6.45, 7) is 3.80. The molecule has 0 aromatic heterocycles. The molecule has 0 aliphatic carbocycles. The predicted molar refractivity (Wildman–Crippen MR) is 71.8 cm³/mol. The number of carbonyl (C=O) groups excluding carboxylic acids is 1. The summed E-state index contributed by atoms with van der Waals surface area (Å²) in [5.74, 6) is -0.540. The van der Waals surface area contributed by atoms with E-state index in [2.05, 4.69) is 5.32 Å². The predicted octanol–water partition coefficient (Wildman–Crippen LogP) is 0.843. The van der Waals surface area contributed by atoms with Crippen molar-refractivity contribution in [3.63, 3.8) is 0 Å². The standard InChI is InChI=1S/C14H20FNO4/c1-13(2,12(19)16-14(3,8-17)9-18)20-11-6-4-10(15)5-7-11/h4-7,17-18H,8-9H2,1-3H3,(H,16,19). The summed E-state index contributed by atoms with van der Waals surface area (Å²) in [7, 11) is 0. The molecule has 0 fully saturated rings. The third-order valence-electron chi connectivity index (χ3n) is 2.85. The maximum atomic E-state index is 12.8. The van der Waals surface area contributed by atoms with Gasteiger partial charge in [-0.25, -0.2) is 4.39 Å². The highest BCUT2D eigenvalue weighted by Gasteiger charge is 2.35. The van der Waals surface area contributed by atoms with Crippen molar-refractivity contribution in [3.05, 3.63) is 30.1 Å². The van der Waals surface area contributed by atoms with Gasteiger partial charge in [0, 0.05) is 0 Å². The molecule has 112 valence electrons. The van der Waals surface area contributed by atoms with E-state index in [1.165, 1.54) is 31.2 Å². The van der Waals surface area contributed by atoms with Crippen LogP contribution in [-0.2, 0) is 4.79 Å². The Morgan fingerprint density at radius 1 is 1.20 bits per heavy atom. The summed E-state index contributed by atoms with van der Waals surface area (Å²) in [6, 6.07) is 5.30. The van der Waals surface area contributed by atoms with Crippen LogP contribution in [0.5, 0.6) is 5.75 Å². The Morgan fingerprint density at radius 3 is 2.15 bits per heavy atom. The monoisotopic (exact) mass is 285 g/mol. The molecule has 1 rings (SSSR count). The van der Waals surface area contributed by atoms with Gasteiger partial charge < -0.3 is 20.3 Å². The zero-order valence-electron chi connectivity index (χ0n) is 11.8. The van der Waals surface area contributed by atoms with E-state index < -0.39 is 36.1 Å². The van der Waals surface area contributed by atoms with Crippen LogP contribution in [0.2, 0.25) is 0 Å². The fourth-order valence-corrected chi connectivity index (χ4v) is 1.40. The lowest BCUT2D eigenvalue weighted by atomic mass is 10.0. The first kappa shape index (κ1) is 16.4. The van der Waals surface area contributed by atoms with E-state index in [4.69, 9.17) is 14.9 Å². The number of aliphatic hydroxyl groups excluding tert-OH is 2. The van der Waals surface area contributed by atoms with Crippen LogP contribution in [0.25, 0.3) is 0 Å². The highest BCUT2D eigenvalue weighted by Crippen LogP contribution is 2.19. The van der Waals surface area contributed by atoms with Crippen LogP contribution in [0.4, 0.5) is 4.39 Å². The van der Waals surface area contributed by atoms with Crippen LogP contribution in [0, 0.1) is 5.82 Å². The number of ether oxygens (including phenoxy) is 1. The average Bonchev–Trinajstić information content (AvgIpc) is 2.41. The van der Waals surface area contributed by atoms with Gasteiger partial charge in [0.15, 0.2) is 5.60 Å². The number of nitrogens with one attached hydrogen (secondary N) is 1. The fraction of sp³-hybridized carbons (Fsp3) is 0.500. The molecular formula is C14H20FNO4. The van der Waals surface area contributed by atoms with Crippen molar-refractivity contribution in [3.8, 4) is 5.75 Å². The Kier molecular flexibility index (Phi) is 5.08. The number of carbonyl (C=O) groups is 1. The van der Waals surface area contributed by atoms with Gasteiger partial charge in [-0.15, -0.1) is 0 Å². The highest BCUT2D eigenvalue weighted by atomic mass is 19.1. The number of hydrogen-bond donors (Lipinski definition) is 3. The van der Waals surface area contributed by atoms with Crippen molar-refractivity contribution in [1.82, 2.24) is 5.32 Å². The molecule has 1 aromatic rings. The second-order valence-electron chi connectivity index (χ2n) is 5.40. The SMILES string of the molecule is CC(CO)(CO)NC(=O)C(C)(C)Oc1ccc(F)cc1. The summed E-state index contributed by atoms with van der Waals surface area (Å²) < 4.78 is 18.3. The van der Waals surface area contributed by atoms with Crippen molar-refractivity contribution in [2.24, 2.45) is 0 Å². The van der Waals surface area contributed by atoms with Crippen molar-refractivity contribution in [2.45, 2.75) is 31.9 Å². The Labute approximate surface area is 117 Å². The number of rotatable bonds is 6. The van der Waals surface area contributed by atoms with Crippen molar-refractivity contribution < 1.29 is 24.1 Å². The minimum absolute atomic E-state index is 0.348. The summed E-state index contributed by atoms with van der Waals surface area (Å²) >= 11 is 0. The molecule has 3 N–H and O–H groups in total. The van der Waals surface area contributed by atoms with E-state index in [0.29, 0.717) is 5.75 Å². The maximum Gasteiger partial charge on any atom is 0.264 e. The molecular weight excluding hydrogens is 265 g/mol. The molecule has 6 heteroatoms. The van der Waals surface area contributed by atoms with E-state index in [1.807, 2.05) is 0 Å². The Hall–Kier alpha value is -1.66. The van der Waals surface area contributed by atoms with E-state index in [1.54, 1.807) is 13.8 Å². The summed E-state index contributed by atoms with van der Waals surface area (Å²) in [6.07, 6.45) is 0. The fourth-order valence-electron chi connectivity index (χ4n) is 1.40. The van der Waals surface area contributed by atoms with Gasteiger partial charge in [0.05, 0.1) is 18.8 Å². The molecule has 1 amide bonds. The molecule has 0 unspecified atom stereocenters. The molecule has 0 radical (unpaired) electrons. The molecule has 0 aliphatic heterocycles. The van der Waals surface area contributed by atoms with Gasteiger partial charge >= 0.3 is 0 Å². The minimum Gasteiger partial charge on any atom is -0.478 e. The van der Waals surface area contributed by atoms with Crippen LogP contribution >= 0.6 is 0 Å². The molecule has 1 aromatic carbocycles. The molecule has 0 spiro atoms. The number of amides is 1. The van der Waals surface area contributed by atoms with Crippen LogP contribution < -0.4 is 10.1 Å². The highest BCUT2D eigenvalue weighted by molar-refractivity contribution is 5.85. The Bertz CT molecular complexity index is 455. The number of benzene rings is 1. The van der Waals surface area contributed by atoms with Crippen molar-refractivity contribution in [2.75, 3.05) is 13.2 Å². The van der Waals surface area contributed by atoms with Gasteiger partial charge in [0.1, 0.15) is 11.6 Å². The number of hydrogen-bond acceptors (Lipinski definition) is 4. The Balaban J connectivity index is 2.77. The normalized spacial score (nSPS) is 12.1. The first-order valence-corrected chi connectivity index (χ1v) is 6.21. The molecule has 0 heterocycles. The molecule has 20 heavy (non-hydrogen) atoms. The number of halogens is 1. The summed E-state index contributed by atoms with van der Waals surface area (Å²) in [4.78, 5) is 12.1. The van der Waals surface area contributed by atoms with E-state index in [-0.39, 0.29) is 0 Å². The van der Waals surface area contributed by atoms with Gasteiger partial charge in [-0.2, -0.15) is 0 Å². The lowest BCUT2D eigenvalue weighted by Crippen LogP contribution is -2.58. The van der Waals surface area contributed by atoms with E-state index >= 15 is 0 Å². The second kappa shape index (κ2) is 6.19. The molecule has 0 saturated heterocycles. The summed E-state index contributed by atoms with van der Waals surface area (Å²) in [5.41, 5.74) is -2.36.